The Hall–Kier alpha value is 0.230. The highest BCUT2D eigenvalue weighted by molar-refractivity contribution is 8.00. The molecule has 2 N–H and O–H groups in total. The van der Waals surface area contributed by atoms with Gasteiger partial charge in [0.05, 0.1) is 0 Å². The normalized spacial score (nSPS) is 40.0. The topological polar surface area (TPSA) is 32.5 Å². The first-order valence-electron chi connectivity index (χ1n) is 7.38. The molecule has 2 fully saturated rings. The minimum absolute atomic E-state index is 0.278. The number of nitrogens with zero attached hydrogens (tertiary/aromatic N) is 2. The molecule has 3 unspecified atom stereocenters. The van der Waals surface area contributed by atoms with Gasteiger partial charge in [-0.1, -0.05) is 6.92 Å². The summed E-state index contributed by atoms with van der Waals surface area (Å²) in [7, 11) is 2.24. The Kier molecular flexibility index (Phi) is 4.98. The first-order chi connectivity index (χ1) is 8.61. The first-order valence-corrected chi connectivity index (χ1v) is 8.43. The molecular formula is C14H29N3S. The summed E-state index contributed by atoms with van der Waals surface area (Å²) in [6.45, 7) is 9.15. The highest BCUT2D eigenvalue weighted by atomic mass is 32.2. The number of rotatable bonds is 3. The average molecular weight is 271 g/mol. The number of hydrogen-bond donors (Lipinski definition) is 1. The van der Waals surface area contributed by atoms with Gasteiger partial charge in [0.1, 0.15) is 0 Å². The summed E-state index contributed by atoms with van der Waals surface area (Å²) in [5.74, 6) is 1.28. The molecule has 106 valence electrons. The van der Waals surface area contributed by atoms with E-state index in [9.17, 15) is 0 Å². The molecule has 0 aliphatic carbocycles. The van der Waals surface area contributed by atoms with Crippen LogP contribution in [-0.2, 0) is 0 Å². The van der Waals surface area contributed by atoms with Crippen LogP contribution in [0.3, 0.4) is 0 Å². The van der Waals surface area contributed by atoms with Crippen molar-refractivity contribution in [1.29, 1.82) is 0 Å². The van der Waals surface area contributed by atoms with Gasteiger partial charge in [-0.15, -0.1) is 0 Å². The van der Waals surface area contributed by atoms with Crippen LogP contribution in [0.4, 0.5) is 0 Å². The maximum atomic E-state index is 6.20. The molecule has 0 bridgehead atoms. The standard InChI is InChI=1S/C14H29N3S/c1-4-13-10-17(7-8-18-13)14(11-15)5-6-16(3)12(2)9-14/h12-13H,4-11,15H2,1-3H3. The van der Waals surface area contributed by atoms with E-state index in [1.807, 2.05) is 0 Å². The summed E-state index contributed by atoms with van der Waals surface area (Å²) in [6, 6.07) is 0.664. The summed E-state index contributed by atoms with van der Waals surface area (Å²) < 4.78 is 0. The van der Waals surface area contributed by atoms with E-state index in [-0.39, 0.29) is 5.54 Å². The van der Waals surface area contributed by atoms with Crippen LogP contribution in [-0.4, -0.2) is 65.6 Å². The van der Waals surface area contributed by atoms with Crippen LogP contribution in [0.5, 0.6) is 0 Å². The van der Waals surface area contributed by atoms with Crippen molar-refractivity contribution in [2.75, 3.05) is 39.0 Å². The van der Waals surface area contributed by atoms with Crippen LogP contribution in [0.1, 0.15) is 33.1 Å². The van der Waals surface area contributed by atoms with Gasteiger partial charge in [0.15, 0.2) is 0 Å². The summed E-state index contributed by atoms with van der Waals surface area (Å²) in [6.07, 6.45) is 3.77. The van der Waals surface area contributed by atoms with Crippen molar-refractivity contribution in [2.45, 2.75) is 49.9 Å². The van der Waals surface area contributed by atoms with Gasteiger partial charge in [0.2, 0.25) is 0 Å². The van der Waals surface area contributed by atoms with Gasteiger partial charge < -0.3 is 10.6 Å². The Morgan fingerprint density at radius 2 is 2.17 bits per heavy atom. The molecule has 0 aromatic carbocycles. The average Bonchev–Trinajstić information content (AvgIpc) is 2.42. The number of piperidine rings is 1. The van der Waals surface area contributed by atoms with Crippen molar-refractivity contribution in [3.8, 4) is 0 Å². The van der Waals surface area contributed by atoms with Gasteiger partial charge in [-0.2, -0.15) is 11.8 Å². The molecule has 3 atom stereocenters. The van der Waals surface area contributed by atoms with Gasteiger partial charge in [0, 0.05) is 42.2 Å². The van der Waals surface area contributed by atoms with Crippen molar-refractivity contribution in [1.82, 2.24) is 9.80 Å². The molecule has 2 rings (SSSR count). The molecule has 0 radical (unpaired) electrons. The smallest absolute Gasteiger partial charge is 0.0359 e. The zero-order chi connectivity index (χ0) is 13.2. The Morgan fingerprint density at radius 1 is 1.39 bits per heavy atom. The van der Waals surface area contributed by atoms with E-state index in [1.165, 1.54) is 44.6 Å². The van der Waals surface area contributed by atoms with E-state index >= 15 is 0 Å². The van der Waals surface area contributed by atoms with Gasteiger partial charge in [-0.05, 0) is 39.8 Å². The number of thioether (sulfide) groups is 1. The molecule has 18 heavy (non-hydrogen) atoms. The highest BCUT2D eigenvalue weighted by Gasteiger charge is 2.42. The second-order valence-corrected chi connectivity index (χ2v) is 7.47. The minimum Gasteiger partial charge on any atom is -0.329 e. The fraction of sp³-hybridized carbons (Fsp3) is 1.00. The Morgan fingerprint density at radius 3 is 2.78 bits per heavy atom. The van der Waals surface area contributed by atoms with Crippen molar-refractivity contribution in [2.24, 2.45) is 5.73 Å². The Bertz CT molecular complexity index is 274. The predicted molar refractivity (Wildman–Crippen MR) is 81.2 cm³/mol. The van der Waals surface area contributed by atoms with E-state index in [0.29, 0.717) is 6.04 Å². The lowest BCUT2D eigenvalue weighted by Crippen LogP contribution is -2.63. The van der Waals surface area contributed by atoms with E-state index < -0.39 is 0 Å². The molecule has 0 saturated carbocycles. The molecule has 0 aromatic rings. The highest BCUT2D eigenvalue weighted by Crippen LogP contribution is 2.34. The molecule has 3 nitrogen and oxygen atoms in total. The SMILES string of the molecule is CCC1CN(C2(CN)CCN(C)C(C)C2)CCS1. The third-order valence-electron chi connectivity index (χ3n) is 5.00. The van der Waals surface area contributed by atoms with E-state index in [4.69, 9.17) is 5.73 Å². The maximum Gasteiger partial charge on any atom is 0.0359 e. The van der Waals surface area contributed by atoms with E-state index in [0.717, 1.165) is 11.8 Å². The maximum absolute atomic E-state index is 6.20. The molecule has 2 aliphatic heterocycles. The predicted octanol–water partition coefficient (Wildman–Crippen LogP) is 1.63. The van der Waals surface area contributed by atoms with Crippen LogP contribution < -0.4 is 5.73 Å². The first kappa shape index (κ1) is 14.6. The van der Waals surface area contributed by atoms with Crippen molar-refractivity contribution in [3.05, 3.63) is 0 Å². The Labute approximate surface area is 116 Å². The Balaban J connectivity index is 2.07. The molecule has 2 heterocycles. The van der Waals surface area contributed by atoms with Crippen molar-refractivity contribution >= 4 is 11.8 Å². The monoisotopic (exact) mass is 271 g/mol. The lowest BCUT2D eigenvalue weighted by Gasteiger charge is -2.52. The van der Waals surface area contributed by atoms with Crippen LogP contribution in [0.15, 0.2) is 0 Å². The largest absolute Gasteiger partial charge is 0.329 e. The van der Waals surface area contributed by atoms with E-state index in [2.05, 4.69) is 42.5 Å². The summed E-state index contributed by atoms with van der Waals surface area (Å²) in [4.78, 5) is 5.20. The van der Waals surface area contributed by atoms with Crippen molar-refractivity contribution in [3.63, 3.8) is 0 Å². The van der Waals surface area contributed by atoms with Gasteiger partial charge in [0.25, 0.3) is 0 Å². The minimum atomic E-state index is 0.278. The summed E-state index contributed by atoms with van der Waals surface area (Å²) >= 11 is 2.15. The quantitative estimate of drug-likeness (QED) is 0.845. The molecule has 4 heteroatoms. The third kappa shape index (κ3) is 2.87. The molecule has 0 amide bonds. The van der Waals surface area contributed by atoms with Crippen LogP contribution in [0, 0.1) is 0 Å². The number of nitrogens with two attached hydrogens (primary N) is 1. The fourth-order valence-corrected chi connectivity index (χ4v) is 4.59. The van der Waals surface area contributed by atoms with E-state index in [1.54, 1.807) is 0 Å². The van der Waals surface area contributed by atoms with Gasteiger partial charge in [-0.3, -0.25) is 4.90 Å². The second-order valence-electron chi connectivity index (χ2n) is 6.06. The van der Waals surface area contributed by atoms with Crippen LogP contribution in [0.2, 0.25) is 0 Å². The molecule has 2 saturated heterocycles. The zero-order valence-electron chi connectivity index (χ0n) is 12.2. The lowest BCUT2D eigenvalue weighted by molar-refractivity contribution is 0.0122. The molecule has 0 aromatic heterocycles. The fourth-order valence-electron chi connectivity index (χ4n) is 3.41. The zero-order valence-corrected chi connectivity index (χ0v) is 13.0. The van der Waals surface area contributed by atoms with Crippen molar-refractivity contribution < 1.29 is 0 Å². The molecular weight excluding hydrogens is 242 g/mol. The summed E-state index contributed by atoms with van der Waals surface area (Å²) in [5, 5.41) is 0.817. The molecule has 0 spiro atoms. The van der Waals surface area contributed by atoms with Gasteiger partial charge in [-0.25, -0.2) is 0 Å². The summed E-state index contributed by atoms with van der Waals surface area (Å²) in [5.41, 5.74) is 6.47. The third-order valence-corrected chi connectivity index (χ3v) is 6.37. The second kappa shape index (κ2) is 6.12. The van der Waals surface area contributed by atoms with Gasteiger partial charge >= 0.3 is 0 Å². The number of hydrogen-bond acceptors (Lipinski definition) is 4. The molecule has 2 aliphatic rings. The number of likely N-dealkylation sites (tertiary alicyclic amines) is 1. The van der Waals surface area contributed by atoms with Crippen LogP contribution in [0.25, 0.3) is 0 Å². The van der Waals surface area contributed by atoms with Crippen LogP contribution >= 0.6 is 11.8 Å². The lowest BCUT2D eigenvalue weighted by atomic mass is 9.82.